The fourth-order valence-corrected chi connectivity index (χ4v) is 2.86. The average Bonchev–Trinajstić information content (AvgIpc) is 2.53. The van der Waals surface area contributed by atoms with Gasteiger partial charge in [-0.25, -0.2) is 0 Å². The van der Waals surface area contributed by atoms with E-state index in [0.29, 0.717) is 5.92 Å². The van der Waals surface area contributed by atoms with Crippen molar-refractivity contribution >= 4 is 5.69 Å². The Labute approximate surface area is 142 Å². The van der Waals surface area contributed by atoms with Crippen molar-refractivity contribution in [1.29, 1.82) is 0 Å². The minimum Gasteiger partial charge on any atom is -0.367 e. The van der Waals surface area contributed by atoms with Crippen LogP contribution in [0.4, 0.5) is 5.69 Å². The Morgan fingerprint density at radius 2 is 2.09 bits per heavy atom. The number of aryl methyl sites for hydroxylation is 1. The summed E-state index contributed by atoms with van der Waals surface area (Å²) < 4.78 is 0. The van der Waals surface area contributed by atoms with E-state index >= 15 is 0 Å². The zero-order valence-electron chi connectivity index (χ0n) is 15.0. The Kier molecular flexibility index (Phi) is 9.08. The molecule has 0 fully saturated rings. The molecule has 0 amide bonds. The first-order valence-corrected chi connectivity index (χ1v) is 8.51. The van der Waals surface area contributed by atoms with Crippen LogP contribution in [0.15, 0.2) is 61.2 Å². The number of nitrogens with one attached hydrogen (secondary N) is 1. The molecular formula is C21H32N2. The summed E-state index contributed by atoms with van der Waals surface area (Å²) in [5, 5.41) is 3.26. The first-order chi connectivity index (χ1) is 11.1. The summed E-state index contributed by atoms with van der Waals surface area (Å²) in [4.78, 5) is 2.43. The van der Waals surface area contributed by atoms with Crippen LogP contribution in [0.2, 0.25) is 0 Å². The molecule has 2 nitrogen and oxygen atoms in total. The Morgan fingerprint density at radius 3 is 2.74 bits per heavy atom. The van der Waals surface area contributed by atoms with Gasteiger partial charge in [0.15, 0.2) is 0 Å². The van der Waals surface area contributed by atoms with Gasteiger partial charge in [-0.05, 0) is 50.9 Å². The second-order valence-electron chi connectivity index (χ2n) is 6.14. The lowest BCUT2D eigenvalue weighted by Gasteiger charge is -2.29. The number of hydrogen-bond donors (Lipinski definition) is 1. The smallest absolute Gasteiger partial charge is 0.0401 e. The molecule has 1 aromatic rings. The predicted molar refractivity (Wildman–Crippen MR) is 104 cm³/mol. The molecule has 0 aliphatic heterocycles. The summed E-state index contributed by atoms with van der Waals surface area (Å²) in [7, 11) is 2.01. The highest BCUT2D eigenvalue weighted by Gasteiger charge is 2.13. The highest BCUT2D eigenvalue weighted by Crippen LogP contribution is 2.24. The number of allylic oxidation sites excluding steroid dienone is 3. The molecule has 1 rings (SSSR count). The zero-order valence-corrected chi connectivity index (χ0v) is 15.0. The van der Waals surface area contributed by atoms with Crippen LogP contribution in [0.1, 0.15) is 25.8 Å². The first kappa shape index (κ1) is 19.2. The van der Waals surface area contributed by atoms with Gasteiger partial charge in [0, 0.05) is 18.8 Å². The van der Waals surface area contributed by atoms with Gasteiger partial charge >= 0.3 is 0 Å². The predicted octanol–water partition coefficient (Wildman–Crippen LogP) is 4.60. The van der Waals surface area contributed by atoms with Crippen LogP contribution in [0.5, 0.6) is 0 Å². The largest absolute Gasteiger partial charge is 0.367 e. The van der Waals surface area contributed by atoms with E-state index < -0.39 is 0 Å². The molecule has 0 aromatic heterocycles. The maximum atomic E-state index is 4.12. The summed E-state index contributed by atoms with van der Waals surface area (Å²) >= 11 is 0. The Balaban J connectivity index is 2.89. The molecule has 0 bridgehead atoms. The molecule has 0 saturated heterocycles. The second kappa shape index (κ2) is 10.8. The molecule has 1 atom stereocenters. The van der Waals surface area contributed by atoms with Crippen molar-refractivity contribution in [2.45, 2.75) is 26.7 Å². The van der Waals surface area contributed by atoms with Crippen molar-refractivity contribution in [2.75, 3.05) is 31.6 Å². The number of hydrogen-bond acceptors (Lipinski definition) is 2. The molecule has 2 heteroatoms. The first-order valence-electron chi connectivity index (χ1n) is 8.51. The van der Waals surface area contributed by atoms with Crippen LogP contribution in [-0.2, 0) is 6.42 Å². The Bertz CT molecular complexity index is 516. The van der Waals surface area contributed by atoms with Crippen LogP contribution in [0.25, 0.3) is 0 Å². The number of benzene rings is 1. The van der Waals surface area contributed by atoms with E-state index in [4.69, 9.17) is 0 Å². The molecule has 1 aromatic carbocycles. The molecular weight excluding hydrogens is 280 g/mol. The van der Waals surface area contributed by atoms with E-state index in [9.17, 15) is 0 Å². The van der Waals surface area contributed by atoms with E-state index in [2.05, 4.69) is 66.7 Å². The van der Waals surface area contributed by atoms with Gasteiger partial charge in [0.25, 0.3) is 0 Å². The fraction of sp³-hybridized carbons (Fsp3) is 0.429. The Morgan fingerprint density at radius 1 is 1.35 bits per heavy atom. The fourth-order valence-electron chi connectivity index (χ4n) is 2.86. The van der Waals surface area contributed by atoms with Crippen LogP contribution >= 0.6 is 0 Å². The topological polar surface area (TPSA) is 15.3 Å². The monoisotopic (exact) mass is 312 g/mol. The summed E-state index contributed by atoms with van der Waals surface area (Å²) in [5.41, 5.74) is 3.89. The summed E-state index contributed by atoms with van der Waals surface area (Å²) in [6.45, 7) is 15.3. The SMILES string of the molecule is C=CCN(CC(C)CNC)c1ccccc1CCC(=C)/C=C\C. The number of rotatable bonds is 11. The maximum absolute atomic E-state index is 4.12. The van der Waals surface area contributed by atoms with Gasteiger partial charge in [-0.3, -0.25) is 0 Å². The third-order valence-electron chi connectivity index (χ3n) is 3.88. The van der Waals surface area contributed by atoms with E-state index in [-0.39, 0.29) is 0 Å². The molecule has 0 saturated carbocycles. The maximum Gasteiger partial charge on any atom is 0.0401 e. The highest BCUT2D eigenvalue weighted by molar-refractivity contribution is 5.54. The Hall–Kier alpha value is -1.80. The standard InChI is InChI=1S/C21H32N2/c1-6-10-18(3)13-14-20-11-8-9-12-21(20)23(15-7-2)17-19(4)16-22-5/h6-12,19,22H,2-3,13-17H2,1,4-5H3/b10-6-. The van der Waals surface area contributed by atoms with Gasteiger partial charge in [0.05, 0.1) is 0 Å². The molecule has 1 unspecified atom stereocenters. The zero-order chi connectivity index (χ0) is 17.1. The van der Waals surface area contributed by atoms with Crippen molar-refractivity contribution in [3.63, 3.8) is 0 Å². The van der Waals surface area contributed by atoms with E-state index in [0.717, 1.165) is 32.5 Å². The highest BCUT2D eigenvalue weighted by atomic mass is 15.1. The minimum atomic E-state index is 0.589. The second-order valence-corrected chi connectivity index (χ2v) is 6.14. The van der Waals surface area contributed by atoms with Gasteiger partial charge in [-0.2, -0.15) is 0 Å². The number of nitrogens with zero attached hydrogens (tertiary/aromatic N) is 1. The third-order valence-corrected chi connectivity index (χ3v) is 3.88. The molecule has 0 radical (unpaired) electrons. The number of para-hydroxylation sites is 1. The van der Waals surface area contributed by atoms with Gasteiger partial charge in [-0.1, -0.05) is 55.5 Å². The molecule has 23 heavy (non-hydrogen) atoms. The van der Waals surface area contributed by atoms with E-state index in [1.165, 1.54) is 16.8 Å². The van der Waals surface area contributed by atoms with Gasteiger partial charge < -0.3 is 10.2 Å². The van der Waals surface area contributed by atoms with Gasteiger partial charge in [0.1, 0.15) is 0 Å². The lowest BCUT2D eigenvalue weighted by Crippen LogP contribution is -2.33. The molecule has 0 heterocycles. The molecule has 0 aliphatic carbocycles. The molecule has 126 valence electrons. The van der Waals surface area contributed by atoms with E-state index in [1.807, 2.05) is 20.0 Å². The van der Waals surface area contributed by atoms with Crippen molar-refractivity contribution in [1.82, 2.24) is 5.32 Å². The van der Waals surface area contributed by atoms with Crippen LogP contribution < -0.4 is 10.2 Å². The molecule has 1 N–H and O–H groups in total. The minimum absolute atomic E-state index is 0.589. The van der Waals surface area contributed by atoms with Crippen molar-refractivity contribution in [3.05, 3.63) is 66.8 Å². The quantitative estimate of drug-likeness (QED) is 0.474. The van der Waals surface area contributed by atoms with Gasteiger partial charge in [-0.15, -0.1) is 6.58 Å². The van der Waals surface area contributed by atoms with Gasteiger partial charge in [0.2, 0.25) is 0 Å². The average molecular weight is 313 g/mol. The van der Waals surface area contributed by atoms with Crippen molar-refractivity contribution in [3.8, 4) is 0 Å². The lowest BCUT2D eigenvalue weighted by molar-refractivity contribution is 0.536. The molecule has 0 aliphatic rings. The molecule has 0 spiro atoms. The van der Waals surface area contributed by atoms with Crippen LogP contribution in [0.3, 0.4) is 0 Å². The lowest BCUT2D eigenvalue weighted by atomic mass is 10.0. The summed E-state index contributed by atoms with van der Waals surface area (Å²) in [5.74, 6) is 0.589. The van der Waals surface area contributed by atoms with Crippen LogP contribution in [-0.4, -0.2) is 26.7 Å². The summed E-state index contributed by atoms with van der Waals surface area (Å²) in [6, 6.07) is 8.71. The number of anilines is 1. The third kappa shape index (κ3) is 6.87. The summed E-state index contributed by atoms with van der Waals surface area (Å²) in [6.07, 6.45) is 8.15. The normalized spacial score (nSPS) is 12.3. The van der Waals surface area contributed by atoms with Crippen molar-refractivity contribution in [2.24, 2.45) is 5.92 Å². The van der Waals surface area contributed by atoms with Crippen LogP contribution in [0, 0.1) is 5.92 Å². The van der Waals surface area contributed by atoms with E-state index in [1.54, 1.807) is 0 Å². The van der Waals surface area contributed by atoms with Crippen molar-refractivity contribution < 1.29 is 0 Å².